The van der Waals surface area contributed by atoms with Gasteiger partial charge in [0.2, 0.25) is 6.41 Å². The van der Waals surface area contributed by atoms with Crippen LogP contribution in [0.25, 0.3) is 0 Å². The van der Waals surface area contributed by atoms with Crippen LogP contribution >= 0.6 is 0 Å². The van der Waals surface area contributed by atoms with Gasteiger partial charge in [0.15, 0.2) is 0 Å². The Balaban J connectivity index is -0.000000209. The molecule has 0 spiro atoms. The van der Waals surface area contributed by atoms with Crippen LogP contribution in [-0.2, 0) is 14.3 Å². The second-order valence-corrected chi connectivity index (χ2v) is 4.19. The monoisotopic (exact) mass is 277 g/mol. The van der Waals surface area contributed by atoms with E-state index in [4.69, 9.17) is 5.11 Å². The fourth-order valence-electron chi connectivity index (χ4n) is 0.722. The van der Waals surface area contributed by atoms with Crippen molar-refractivity contribution in [2.45, 2.75) is 52.9 Å². The summed E-state index contributed by atoms with van der Waals surface area (Å²) >= 11 is 0. The Labute approximate surface area is 117 Å². The SMILES string of the molecule is CCCCCO.CCCCOC(C)=O.CN(C)C=O. The standard InChI is InChI=1S/C6H12O2.C5H12O.C3H7NO/c1-3-4-5-8-6(2)7;1-2-3-4-5-6;1-4(2)3-5/h3-5H2,1-2H3;6H,2-5H2,1H3;3H,1-2H3. The maximum atomic E-state index is 10.1. The Morgan fingerprint density at radius 1 is 1.16 bits per heavy atom. The first-order chi connectivity index (χ1) is 8.95. The summed E-state index contributed by atoms with van der Waals surface area (Å²) in [5.74, 6) is -0.182. The molecule has 0 aromatic carbocycles. The summed E-state index contributed by atoms with van der Waals surface area (Å²) in [4.78, 5) is 21.0. The Morgan fingerprint density at radius 2 is 1.63 bits per heavy atom. The predicted octanol–water partition coefficient (Wildman–Crippen LogP) is 2.22. The van der Waals surface area contributed by atoms with Gasteiger partial charge in [-0.2, -0.15) is 0 Å². The molecule has 0 rings (SSSR count). The molecule has 116 valence electrons. The highest BCUT2D eigenvalue weighted by Gasteiger charge is 1.88. The molecule has 5 nitrogen and oxygen atoms in total. The first-order valence-electron chi connectivity index (χ1n) is 6.82. The number of nitrogens with zero attached hydrogens (tertiary/aromatic N) is 1. The molecule has 0 saturated carbocycles. The van der Waals surface area contributed by atoms with Gasteiger partial charge in [-0.05, 0) is 12.8 Å². The van der Waals surface area contributed by atoms with E-state index < -0.39 is 0 Å². The number of hydrogen-bond donors (Lipinski definition) is 1. The molecule has 0 radical (unpaired) electrons. The van der Waals surface area contributed by atoms with E-state index >= 15 is 0 Å². The summed E-state index contributed by atoms with van der Waals surface area (Å²) in [6, 6.07) is 0. The van der Waals surface area contributed by atoms with E-state index in [0.29, 0.717) is 13.2 Å². The van der Waals surface area contributed by atoms with Crippen LogP contribution in [0.2, 0.25) is 0 Å². The third-order valence-electron chi connectivity index (χ3n) is 1.78. The van der Waals surface area contributed by atoms with Crippen LogP contribution in [0.1, 0.15) is 52.9 Å². The maximum Gasteiger partial charge on any atom is 0.302 e. The van der Waals surface area contributed by atoms with Crippen LogP contribution in [0.15, 0.2) is 0 Å². The molecular weight excluding hydrogens is 246 g/mol. The molecule has 0 heterocycles. The van der Waals surface area contributed by atoms with Gasteiger partial charge in [0.25, 0.3) is 0 Å². The second-order valence-electron chi connectivity index (χ2n) is 4.19. The van der Waals surface area contributed by atoms with Crippen LogP contribution in [-0.4, -0.2) is 49.7 Å². The largest absolute Gasteiger partial charge is 0.466 e. The van der Waals surface area contributed by atoms with E-state index in [1.165, 1.54) is 18.2 Å². The van der Waals surface area contributed by atoms with Gasteiger partial charge in [-0.15, -0.1) is 0 Å². The highest BCUT2D eigenvalue weighted by Crippen LogP contribution is 1.89. The van der Waals surface area contributed by atoms with Gasteiger partial charge in [0.1, 0.15) is 0 Å². The molecule has 0 atom stereocenters. The van der Waals surface area contributed by atoms with Gasteiger partial charge in [0, 0.05) is 27.6 Å². The van der Waals surface area contributed by atoms with Crippen molar-refractivity contribution in [1.29, 1.82) is 0 Å². The number of hydrogen-bond acceptors (Lipinski definition) is 4. The zero-order valence-electron chi connectivity index (χ0n) is 13.1. The maximum absolute atomic E-state index is 10.1. The third kappa shape index (κ3) is 47.4. The van der Waals surface area contributed by atoms with Crippen LogP contribution in [0.3, 0.4) is 0 Å². The van der Waals surface area contributed by atoms with Gasteiger partial charge in [-0.1, -0.05) is 33.1 Å². The molecule has 0 aromatic heterocycles. The summed E-state index contributed by atoms with van der Waals surface area (Å²) in [7, 11) is 3.38. The Hall–Kier alpha value is -1.10. The smallest absolute Gasteiger partial charge is 0.302 e. The number of rotatable bonds is 7. The zero-order chi connectivity index (χ0) is 15.5. The van der Waals surface area contributed by atoms with Crippen molar-refractivity contribution in [2.75, 3.05) is 27.3 Å². The average molecular weight is 277 g/mol. The number of aliphatic hydroxyl groups excluding tert-OH is 1. The topological polar surface area (TPSA) is 66.8 Å². The summed E-state index contributed by atoms with van der Waals surface area (Å²) in [6.45, 7) is 6.54. The molecule has 1 N–H and O–H groups in total. The molecule has 0 aliphatic rings. The van der Waals surface area contributed by atoms with E-state index in [2.05, 4.69) is 18.6 Å². The summed E-state index contributed by atoms with van der Waals surface area (Å²) < 4.78 is 4.64. The van der Waals surface area contributed by atoms with Crippen molar-refractivity contribution in [3.8, 4) is 0 Å². The number of carbonyl (C=O) groups excluding carboxylic acids is 2. The lowest BCUT2D eigenvalue weighted by Crippen LogP contribution is -2.06. The van der Waals surface area contributed by atoms with E-state index in [1.54, 1.807) is 14.1 Å². The Kier molecular flexibility index (Phi) is 26.8. The molecule has 1 amide bonds. The molecule has 0 bridgehead atoms. The minimum Gasteiger partial charge on any atom is -0.466 e. The van der Waals surface area contributed by atoms with Crippen molar-refractivity contribution in [3.05, 3.63) is 0 Å². The lowest BCUT2D eigenvalue weighted by atomic mass is 10.3. The van der Waals surface area contributed by atoms with Crippen molar-refractivity contribution >= 4 is 12.4 Å². The average Bonchev–Trinajstić information content (AvgIpc) is 2.37. The van der Waals surface area contributed by atoms with Gasteiger partial charge in [-0.3, -0.25) is 9.59 Å². The van der Waals surface area contributed by atoms with Crippen LogP contribution < -0.4 is 0 Å². The van der Waals surface area contributed by atoms with Crippen LogP contribution in [0, 0.1) is 0 Å². The zero-order valence-corrected chi connectivity index (χ0v) is 13.1. The van der Waals surface area contributed by atoms with Gasteiger partial charge in [0.05, 0.1) is 6.61 Å². The molecule has 0 aromatic rings. The number of carbonyl (C=O) groups is 2. The third-order valence-corrected chi connectivity index (χ3v) is 1.78. The highest BCUT2D eigenvalue weighted by molar-refractivity contribution is 5.65. The summed E-state index contributed by atoms with van der Waals surface area (Å²) in [6.07, 6.45) is 6.13. The minimum atomic E-state index is -0.182. The van der Waals surface area contributed by atoms with Crippen molar-refractivity contribution in [3.63, 3.8) is 0 Å². The van der Waals surface area contributed by atoms with E-state index in [0.717, 1.165) is 32.1 Å². The van der Waals surface area contributed by atoms with Crippen LogP contribution in [0.4, 0.5) is 0 Å². The number of ether oxygens (including phenoxy) is 1. The minimum absolute atomic E-state index is 0.182. The number of aliphatic hydroxyl groups is 1. The first-order valence-corrected chi connectivity index (χ1v) is 6.82. The van der Waals surface area contributed by atoms with Crippen molar-refractivity contribution in [2.24, 2.45) is 0 Å². The highest BCUT2D eigenvalue weighted by atomic mass is 16.5. The summed E-state index contributed by atoms with van der Waals surface area (Å²) in [5.41, 5.74) is 0. The van der Waals surface area contributed by atoms with E-state index in [9.17, 15) is 9.59 Å². The van der Waals surface area contributed by atoms with E-state index in [1.807, 2.05) is 0 Å². The Morgan fingerprint density at radius 3 is 1.84 bits per heavy atom. The van der Waals surface area contributed by atoms with E-state index in [-0.39, 0.29) is 5.97 Å². The molecule has 0 aliphatic carbocycles. The number of amides is 1. The molecule has 0 fully saturated rings. The molecule has 0 saturated heterocycles. The molecule has 19 heavy (non-hydrogen) atoms. The normalized spacial score (nSPS) is 8.32. The lowest BCUT2D eigenvalue weighted by Gasteiger charge is -1.96. The Bertz CT molecular complexity index is 180. The number of unbranched alkanes of at least 4 members (excludes halogenated alkanes) is 3. The molecular formula is C14H31NO4. The second kappa shape index (κ2) is 22.1. The van der Waals surface area contributed by atoms with Gasteiger partial charge < -0.3 is 14.7 Å². The predicted molar refractivity (Wildman–Crippen MR) is 77.9 cm³/mol. The fourth-order valence-corrected chi connectivity index (χ4v) is 0.722. The van der Waals surface area contributed by atoms with Crippen molar-refractivity contribution < 1.29 is 19.4 Å². The first kappa shape index (κ1) is 23.0. The number of esters is 1. The van der Waals surface area contributed by atoms with Crippen LogP contribution in [0.5, 0.6) is 0 Å². The summed E-state index contributed by atoms with van der Waals surface area (Å²) in [5, 5.41) is 8.20. The molecule has 0 aliphatic heterocycles. The fraction of sp³-hybridized carbons (Fsp3) is 0.857. The molecule has 5 heteroatoms. The van der Waals surface area contributed by atoms with Gasteiger partial charge in [-0.25, -0.2) is 0 Å². The van der Waals surface area contributed by atoms with Crippen molar-refractivity contribution in [1.82, 2.24) is 4.90 Å². The lowest BCUT2D eigenvalue weighted by molar-refractivity contribution is -0.141. The quantitative estimate of drug-likeness (QED) is 0.440. The van der Waals surface area contributed by atoms with Gasteiger partial charge >= 0.3 is 5.97 Å². The molecule has 0 unspecified atom stereocenters.